The fourth-order valence-electron chi connectivity index (χ4n) is 1.04. The molecule has 0 saturated carbocycles. The molecule has 0 spiro atoms. The van der Waals surface area contributed by atoms with Crippen molar-refractivity contribution in [3.63, 3.8) is 0 Å². The summed E-state index contributed by atoms with van der Waals surface area (Å²) in [6, 6.07) is 0. The minimum atomic E-state index is -0.891. The zero-order valence-electron chi connectivity index (χ0n) is 8.73. The van der Waals surface area contributed by atoms with Crippen LogP contribution in [-0.2, 0) is 4.79 Å². The van der Waals surface area contributed by atoms with Crippen molar-refractivity contribution in [3.05, 3.63) is 20.3 Å². The van der Waals surface area contributed by atoms with Crippen LogP contribution in [0.5, 0.6) is 0 Å². The van der Waals surface area contributed by atoms with Crippen LogP contribution in [0.2, 0.25) is 0 Å². The second-order valence-electron chi connectivity index (χ2n) is 3.47. The third-order valence-corrected chi connectivity index (χ3v) is 4.75. The molecule has 0 fully saturated rings. The average molecular weight is 354 g/mol. The molecule has 1 aromatic rings. The average Bonchev–Trinajstić information content (AvgIpc) is 2.19. The summed E-state index contributed by atoms with van der Waals surface area (Å²) in [4.78, 5) is 28.7. The maximum absolute atomic E-state index is 11.3. The summed E-state index contributed by atoms with van der Waals surface area (Å²) < 4.78 is 0.428. The maximum Gasteiger partial charge on any atom is 0.317 e. The number of hydrogen-bond donors (Lipinski definition) is 2. The van der Waals surface area contributed by atoms with E-state index in [0.717, 1.165) is 11.8 Å². The molecule has 1 heterocycles. The van der Waals surface area contributed by atoms with Crippen LogP contribution in [-0.4, -0.2) is 26.3 Å². The van der Waals surface area contributed by atoms with E-state index in [1.54, 1.807) is 0 Å². The minimum absolute atomic E-state index is 0.0283. The van der Waals surface area contributed by atoms with Crippen LogP contribution in [0.15, 0.2) is 16.1 Å². The van der Waals surface area contributed by atoms with E-state index >= 15 is 0 Å². The molecule has 0 aliphatic carbocycles. The van der Waals surface area contributed by atoms with Crippen LogP contribution in [0.4, 0.5) is 0 Å². The SMILES string of the molecule is CC(C)C(Sc1nc[nH]c(=O)c1I)C(=O)O. The summed E-state index contributed by atoms with van der Waals surface area (Å²) in [5.74, 6) is -0.919. The number of aliphatic carboxylic acids is 1. The molecule has 5 nitrogen and oxygen atoms in total. The molecule has 0 aliphatic rings. The van der Waals surface area contributed by atoms with Gasteiger partial charge in [0.25, 0.3) is 5.56 Å². The molecule has 1 rings (SSSR count). The normalized spacial score (nSPS) is 12.8. The molecule has 7 heteroatoms. The van der Waals surface area contributed by atoms with E-state index in [1.807, 2.05) is 36.4 Å². The van der Waals surface area contributed by atoms with Gasteiger partial charge >= 0.3 is 5.97 Å². The van der Waals surface area contributed by atoms with Gasteiger partial charge in [0.1, 0.15) is 13.8 Å². The first-order valence-electron chi connectivity index (χ1n) is 4.56. The zero-order chi connectivity index (χ0) is 12.3. The van der Waals surface area contributed by atoms with Gasteiger partial charge in [0.15, 0.2) is 0 Å². The fraction of sp³-hybridized carbons (Fsp3) is 0.444. The van der Waals surface area contributed by atoms with E-state index in [4.69, 9.17) is 5.11 Å². The molecular formula is C9H11IN2O3S. The molecule has 2 N–H and O–H groups in total. The molecule has 1 atom stereocenters. The number of carbonyl (C=O) groups is 1. The van der Waals surface area contributed by atoms with Gasteiger partial charge in [-0.05, 0) is 28.5 Å². The third kappa shape index (κ3) is 3.21. The molecule has 0 saturated heterocycles. The molecule has 88 valence electrons. The first-order valence-corrected chi connectivity index (χ1v) is 6.52. The first kappa shape index (κ1) is 13.5. The van der Waals surface area contributed by atoms with E-state index in [1.165, 1.54) is 6.33 Å². The van der Waals surface area contributed by atoms with Crippen LogP contribution in [0.25, 0.3) is 0 Å². The summed E-state index contributed by atoms with van der Waals surface area (Å²) in [5.41, 5.74) is -0.244. The monoisotopic (exact) mass is 354 g/mol. The zero-order valence-corrected chi connectivity index (χ0v) is 11.7. The van der Waals surface area contributed by atoms with E-state index in [9.17, 15) is 9.59 Å². The Morgan fingerprint density at radius 3 is 2.75 bits per heavy atom. The van der Waals surface area contributed by atoms with Crippen molar-refractivity contribution in [1.29, 1.82) is 0 Å². The highest BCUT2D eigenvalue weighted by Crippen LogP contribution is 2.28. The van der Waals surface area contributed by atoms with E-state index in [0.29, 0.717) is 8.60 Å². The topological polar surface area (TPSA) is 83.0 Å². The van der Waals surface area contributed by atoms with Crippen molar-refractivity contribution in [3.8, 4) is 0 Å². The highest BCUT2D eigenvalue weighted by Gasteiger charge is 2.24. The van der Waals surface area contributed by atoms with Crippen LogP contribution >= 0.6 is 34.4 Å². The highest BCUT2D eigenvalue weighted by molar-refractivity contribution is 14.1. The van der Waals surface area contributed by atoms with Gasteiger partial charge < -0.3 is 10.1 Å². The Balaban J connectivity index is 2.99. The Morgan fingerprint density at radius 2 is 2.25 bits per heavy atom. The van der Waals surface area contributed by atoms with Gasteiger partial charge in [-0.1, -0.05) is 25.6 Å². The lowest BCUT2D eigenvalue weighted by atomic mass is 10.1. The van der Waals surface area contributed by atoms with E-state index in [2.05, 4.69) is 9.97 Å². The molecule has 0 aliphatic heterocycles. The number of nitrogens with zero attached hydrogens (tertiary/aromatic N) is 1. The van der Waals surface area contributed by atoms with Gasteiger partial charge in [-0.25, -0.2) is 4.98 Å². The van der Waals surface area contributed by atoms with Gasteiger partial charge in [0.05, 0.1) is 6.33 Å². The van der Waals surface area contributed by atoms with Crippen LogP contribution in [0.3, 0.4) is 0 Å². The van der Waals surface area contributed by atoms with Crippen molar-refractivity contribution < 1.29 is 9.90 Å². The number of aromatic nitrogens is 2. The predicted octanol–water partition coefficient (Wildman–Crippen LogP) is 1.58. The molecule has 0 amide bonds. The quantitative estimate of drug-likeness (QED) is 0.487. The molecule has 16 heavy (non-hydrogen) atoms. The van der Waals surface area contributed by atoms with Crippen molar-refractivity contribution in [2.24, 2.45) is 5.92 Å². The van der Waals surface area contributed by atoms with Gasteiger partial charge in [0, 0.05) is 0 Å². The smallest absolute Gasteiger partial charge is 0.317 e. The first-order chi connectivity index (χ1) is 7.43. The summed E-state index contributed by atoms with van der Waals surface area (Å²) in [6.07, 6.45) is 1.28. The van der Waals surface area contributed by atoms with Gasteiger partial charge in [-0.15, -0.1) is 0 Å². The van der Waals surface area contributed by atoms with Gasteiger partial charge in [-0.2, -0.15) is 0 Å². The summed E-state index contributed by atoms with van der Waals surface area (Å²) in [5, 5.41) is 8.90. The van der Waals surface area contributed by atoms with Crippen molar-refractivity contribution in [2.75, 3.05) is 0 Å². The Kier molecular flexibility index (Phi) is 4.78. The fourth-order valence-corrected chi connectivity index (χ4v) is 2.64. The largest absolute Gasteiger partial charge is 0.480 e. The lowest BCUT2D eigenvalue weighted by Gasteiger charge is -2.15. The number of hydrogen-bond acceptors (Lipinski definition) is 4. The highest BCUT2D eigenvalue weighted by atomic mass is 127. The van der Waals surface area contributed by atoms with E-state index in [-0.39, 0.29) is 11.5 Å². The van der Waals surface area contributed by atoms with E-state index < -0.39 is 11.2 Å². The number of carboxylic acid groups (broad SMARTS) is 1. The number of nitrogens with one attached hydrogen (secondary N) is 1. The molecule has 1 unspecified atom stereocenters. The van der Waals surface area contributed by atoms with Crippen molar-refractivity contribution in [1.82, 2.24) is 9.97 Å². The second-order valence-corrected chi connectivity index (χ2v) is 5.68. The summed E-state index contributed by atoms with van der Waals surface area (Å²) in [6.45, 7) is 3.65. The minimum Gasteiger partial charge on any atom is -0.480 e. The number of H-pyrrole nitrogens is 1. The summed E-state index contributed by atoms with van der Waals surface area (Å²) >= 11 is 2.97. The lowest BCUT2D eigenvalue weighted by molar-refractivity contribution is -0.137. The molecule has 0 aromatic carbocycles. The molecule has 0 bridgehead atoms. The Morgan fingerprint density at radius 1 is 1.62 bits per heavy atom. The number of aromatic amines is 1. The predicted molar refractivity (Wildman–Crippen MR) is 69.7 cm³/mol. The summed E-state index contributed by atoms with van der Waals surface area (Å²) in [7, 11) is 0. The Bertz CT molecular complexity index is 447. The lowest BCUT2D eigenvalue weighted by Crippen LogP contribution is -2.23. The maximum atomic E-state index is 11.3. The molecule has 1 aromatic heterocycles. The third-order valence-electron chi connectivity index (χ3n) is 1.85. The van der Waals surface area contributed by atoms with Crippen molar-refractivity contribution in [2.45, 2.75) is 24.1 Å². The van der Waals surface area contributed by atoms with Crippen LogP contribution < -0.4 is 5.56 Å². The van der Waals surface area contributed by atoms with Crippen molar-refractivity contribution >= 4 is 40.3 Å². The Hall–Kier alpha value is -0.570. The number of thioether (sulfide) groups is 1. The second kappa shape index (κ2) is 5.67. The number of carboxylic acids is 1. The van der Waals surface area contributed by atoms with Gasteiger partial charge in [-0.3, -0.25) is 9.59 Å². The number of rotatable bonds is 4. The van der Waals surface area contributed by atoms with Crippen LogP contribution in [0.1, 0.15) is 13.8 Å². The van der Waals surface area contributed by atoms with Crippen LogP contribution in [0, 0.1) is 9.49 Å². The standard InChI is InChI=1S/C9H11IN2O3S/c1-4(2)6(9(14)15)16-8-5(10)7(13)11-3-12-8/h3-4,6H,1-2H3,(H,14,15)(H,11,12,13). The number of halogens is 1. The van der Waals surface area contributed by atoms with Gasteiger partial charge in [0.2, 0.25) is 0 Å². The Labute approximate surface area is 110 Å². The molecular weight excluding hydrogens is 343 g/mol. The molecule has 0 radical (unpaired) electrons.